The van der Waals surface area contributed by atoms with Crippen molar-refractivity contribution >= 4 is 11.7 Å². The van der Waals surface area contributed by atoms with Crippen molar-refractivity contribution in [2.24, 2.45) is 5.73 Å². The number of hydrogen-bond donors (Lipinski definition) is 1. The molecule has 0 radical (unpaired) electrons. The molecule has 0 spiro atoms. The van der Waals surface area contributed by atoms with E-state index in [1.807, 2.05) is 6.92 Å². The maximum absolute atomic E-state index is 12.7. The van der Waals surface area contributed by atoms with Crippen LogP contribution in [0.5, 0.6) is 0 Å². The standard InChI is InChI=1S/C13H17FN2O2/c1-2-16(9-13(15)18)8-7-12(17)10-3-5-11(14)6-4-10/h3-6H,2,7-9H2,1H3,(H2,15,18). The molecule has 0 aliphatic rings. The van der Waals surface area contributed by atoms with Crippen LogP contribution in [0.1, 0.15) is 23.7 Å². The van der Waals surface area contributed by atoms with E-state index < -0.39 is 5.91 Å². The number of halogens is 1. The second-order valence-electron chi connectivity index (χ2n) is 4.02. The summed E-state index contributed by atoms with van der Waals surface area (Å²) in [5.41, 5.74) is 5.57. The van der Waals surface area contributed by atoms with Gasteiger partial charge in [-0.2, -0.15) is 0 Å². The zero-order chi connectivity index (χ0) is 13.5. The van der Waals surface area contributed by atoms with E-state index in [1.54, 1.807) is 4.90 Å². The molecule has 1 aromatic rings. The van der Waals surface area contributed by atoms with E-state index in [0.717, 1.165) is 0 Å². The molecule has 0 aromatic heterocycles. The Morgan fingerprint density at radius 2 is 1.89 bits per heavy atom. The number of Topliss-reactive ketones (excluding diaryl/α,β-unsaturated/α-hetero) is 1. The number of hydrogen-bond acceptors (Lipinski definition) is 3. The highest BCUT2D eigenvalue weighted by molar-refractivity contribution is 5.96. The Bertz CT molecular complexity index is 418. The molecule has 0 atom stereocenters. The van der Waals surface area contributed by atoms with E-state index in [2.05, 4.69) is 0 Å². The van der Waals surface area contributed by atoms with Crippen LogP contribution in [0, 0.1) is 5.82 Å². The molecule has 0 fully saturated rings. The molecule has 0 saturated heterocycles. The minimum atomic E-state index is -0.411. The van der Waals surface area contributed by atoms with E-state index in [4.69, 9.17) is 5.73 Å². The molecule has 0 saturated carbocycles. The highest BCUT2D eigenvalue weighted by Crippen LogP contribution is 2.06. The van der Waals surface area contributed by atoms with Crippen LogP contribution in [0.3, 0.4) is 0 Å². The summed E-state index contributed by atoms with van der Waals surface area (Å²) in [6.07, 6.45) is 0.284. The maximum atomic E-state index is 12.7. The summed E-state index contributed by atoms with van der Waals surface area (Å²) >= 11 is 0. The summed E-state index contributed by atoms with van der Waals surface area (Å²) in [4.78, 5) is 24.4. The van der Waals surface area contributed by atoms with Gasteiger partial charge in [0.1, 0.15) is 5.82 Å². The van der Waals surface area contributed by atoms with E-state index in [9.17, 15) is 14.0 Å². The fraction of sp³-hybridized carbons (Fsp3) is 0.385. The molecular formula is C13H17FN2O2. The SMILES string of the molecule is CCN(CCC(=O)c1ccc(F)cc1)CC(N)=O. The Kier molecular flexibility index (Phi) is 5.45. The smallest absolute Gasteiger partial charge is 0.231 e. The first kappa shape index (κ1) is 14.3. The maximum Gasteiger partial charge on any atom is 0.231 e. The lowest BCUT2D eigenvalue weighted by Crippen LogP contribution is -2.35. The van der Waals surface area contributed by atoms with Gasteiger partial charge in [0, 0.05) is 18.5 Å². The zero-order valence-electron chi connectivity index (χ0n) is 10.4. The molecule has 18 heavy (non-hydrogen) atoms. The van der Waals surface area contributed by atoms with Crippen molar-refractivity contribution in [1.29, 1.82) is 0 Å². The summed E-state index contributed by atoms with van der Waals surface area (Å²) in [5.74, 6) is -0.848. The zero-order valence-corrected chi connectivity index (χ0v) is 10.4. The van der Waals surface area contributed by atoms with Crippen molar-refractivity contribution in [1.82, 2.24) is 4.90 Å². The van der Waals surface area contributed by atoms with Crippen molar-refractivity contribution in [3.63, 3.8) is 0 Å². The summed E-state index contributed by atoms with van der Waals surface area (Å²) in [5, 5.41) is 0. The molecule has 1 rings (SSSR count). The average Bonchev–Trinajstić information content (AvgIpc) is 2.34. The number of ketones is 1. The van der Waals surface area contributed by atoms with Gasteiger partial charge in [-0.15, -0.1) is 0 Å². The van der Waals surface area contributed by atoms with Gasteiger partial charge in [-0.05, 0) is 30.8 Å². The lowest BCUT2D eigenvalue weighted by molar-refractivity contribution is -0.119. The Morgan fingerprint density at radius 1 is 1.28 bits per heavy atom. The number of carbonyl (C=O) groups is 2. The number of likely N-dealkylation sites (N-methyl/N-ethyl adjacent to an activating group) is 1. The second kappa shape index (κ2) is 6.86. The molecule has 1 aromatic carbocycles. The quantitative estimate of drug-likeness (QED) is 0.742. The molecule has 0 unspecified atom stereocenters. The first-order valence-electron chi connectivity index (χ1n) is 5.82. The summed E-state index contributed by atoms with van der Waals surface area (Å²) in [7, 11) is 0. The second-order valence-corrected chi connectivity index (χ2v) is 4.02. The fourth-order valence-electron chi connectivity index (χ4n) is 1.61. The molecule has 0 aliphatic heterocycles. The lowest BCUT2D eigenvalue weighted by atomic mass is 10.1. The van der Waals surface area contributed by atoms with Gasteiger partial charge in [0.25, 0.3) is 0 Å². The summed E-state index contributed by atoms with van der Waals surface area (Å²) in [6, 6.07) is 5.44. The first-order chi connectivity index (χ1) is 8.52. The highest BCUT2D eigenvalue weighted by atomic mass is 19.1. The third kappa shape index (κ3) is 4.63. The predicted octanol–water partition coefficient (Wildman–Crippen LogP) is 1.21. The number of nitrogens with two attached hydrogens (primary N) is 1. The van der Waals surface area contributed by atoms with Crippen molar-refractivity contribution < 1.29 is 14.0 Å². The highest BCUT2D eigenvalue weighted by Gasteiger charge is 2.10. The predicted molar refractivity (Wildman–Crippen MR) is 66.7 cm³/mol. The Balaban J connectivity index is 2.49. The molecule has 0 bridgehead atoms. The van der Waals surface area contributed by atoms with Gasteiger partial charge in [0.2, 0.25) is 5.91 Å². The normalized spacial score (nSPS) is 10.6. The van der Waals surface area contributed by atoms with Crippen LogP contribution in [0.4, 0.5) is 4.39 Å². The van der Waals surface area contributed by atoms with E-state index in [0.29, 0.717) is 18.7 Å². The van der Waals surface area contributed by atoms with Crippen LogP contribution < -0.4 is 5.73 Å². The Labute approximate surface area is 106 Å². The van der Waals surface area contributed by atoms with Crippen LogP contribution in [-0.2, 0) is 4.79 Å². The van der Waals surface area contributed by atoms with Crippen LogP contribution in [-0.4, -0.2) is 36.2 Å². The third-order valence-electron chi connectivity index (χ3n) is 2.65. The van der Waals surface area contributed by atoms with Gasteiger partial charge in [0.05, 0.1) is 6.54 Å². The molecule has 0 aliphatic carbocycles. The molecule has 5 heteroatoms. The van der Waals surface area contributed by atoms with Crippen LogP contribution >= 0.6 is 0 Å². The number of benzene rings is 1. The Morgan fingerprint density at radius 3 is 2.39 bits per heavy atom. The van der Waals surface area contributed by atoms with Crippen molar-refractivity contribution in [2.75, 3.05) is 19.6 Å². The number of primary amides is 1. The molecule has 1 amide bonds. The van der Waals surface area contributed by atoms with Gasteiger partial charge in [-0.1, -0.05) is 6.92 Å². The topological polar surface area (TPSA) is 63.4 Å². The molecule has 2 N–H and O–H groups in total. The third-order valence-corrected chi connectivity index (χ3v) is 2.65. The fourth-order valence-corrected chi connectivity index (χ4v) is 1.61. The van der Waals surface area contributed by atoms with E-state index in [1.165, 1.54) is 24.3 Å². The average molecular weight is 252 g/mol. The molecule has 4 nitrogen and oxygen atoms in total. The van der Waals surface area contributed by atoms with Crippen LogP contribution in [0.2, 0.25) is 0 Å². The van der Waals surface area contributed by atoms with Crippen LogP contribution in [0.15, 0.2) is 24.3 Å². The summed E-state index contributed by atoms with van der Waals surface area (Å²) < 4.78 is 12.7. The van der Waals surface area contributed by atoms with Crippen molar-refractivity contribution in [3.8, 4) is 0 Å². The largest absolute Gasteiger partial charge is 0.369 e. The number of amides is 1. The minimum absolute atomic E-state index is 0.0714. The van der Waals surface area contributed by atoms with Crippen LogP contribution in [0.25, 0.3) is 0 Å². The van der Waals surface area contributed by atoms with Crippen molar-refractivity contribution in [2.45, 2.75) is 13.3 Å². The van der Waals surface area contributed by atoms with Gasteiger partial charge in [-0.3, -0.25) is 14.5 Å². The lowest BCUT2D eigenvalue weighted by Gasteiger charge is -2.17. The minimum Gasteiger partial charge on any atom is -0.369 e. The van der Waals surface area contributed by atoms with E-state index >= 15 is 0 Å². The monoisotopic (exact) mass is 252 g/mol. The molecule has 0 heterocycles. The number of carbonyl (C=O) groups excluding carboxylic acids is 2. The van der Waals surface area contributed by atoms with Gasteiger partial charge in [0.15, 0.2) is 5.78 Å². The number of rotatable bonds is 7. The van der Waals surface area contributed by atoms with Gasteiger partial charge < -0.3 is 5.73 Å². The molecule has 98 valence electrons. The van der Waals surface area contributed by atoms with Crippen molar-refractivity contribution in [3.05, 3.63) is 35.6 Å². The summed E-state index contributed by atoms with van der Waals surface area (Å²) in [6.45, 7) is 3.16. The van der Waals surface area contributed by atoms with Gasteiger partial charge in [-0.25, -0.2) is 4.39 Å². The van der Waals surface area contributed by atoms with Gasteiger partial charge >= 0.3 is 0 Å². The first-order valence-corrected chi connectivity index (χ1v) is 5.82. The molecular weight excluding hydrogens is 235 g/mol. The number of nitrogens with zero attached hydrogens (tertiary/aromatic N) is 1. The van der Waals surface area contributed by atoms with E-state index in [-0.39, 0.29) is 24.6 Å². The Hall–Kier alpha value is -1.75.